The van der Waals surface area contributed by atoms with E-state index >= 15 is 0 Å². The van der Waals surface area contributed by atoms with Crippen molar-refractivity contribution in [1.82, 2.24) is 10.8 Å². The number of hydroxylamine groups is 1. The third-order valence-corrected chi connectivity index (χ3v) is 6.07. The van der Waals surface area contributed by atoms with Crippen LogP contribution >= 0.6 is 0 Å². The van der Waals surface area contributed by atoms with Gasteiger partial charge >= 0.3 is 5.97 Å². The highest BCUT2D eigenvalue weighted by Gasteiger charge is 2.10. The number of amides is 1. The summed E-state index contributed by atoms with van der Waals surface area (Å²) in [6.07, 6.45) is 20.9. The number of hydrogen-bond acceptors (Lipinski definition) is 6. The van der Waals surface area contributed by atoms with Crippen molar-refractivity contribution >= 4 is 11.9 Å². The van der Waals surface area contributed by atoms with Gasteiger partial charge in [-0.1, -0.05) is 96.8 Å². The number of rotatable bonds is 25. The van der Waals surface area contributed by atoms with Crippen LogP contribution in [-0.2, 0) is 14.4 Å². The Bertz CT molecular complexity index is 442. The maximum atomic E-state index is 11.8. The summed E-state index contributed by atoms with van der Waals surface area (Å²) in [5.74, 6) is -0.640. The number of nitrogens with one attached hydrogen (secondary N) is 2. The zero-order valence-electron chi connectivity index (χ0n) is 21.3. The van der Waals surface area contributed by atoms with Crippen molar-refractivity contribution < 1.29 is 24.6 Å². The van der Waals surface area contributed by atoms with E-state index < -0.39 is 5.97 Å². The topological polar surface area (TPSA) is 108 Å². The molecule has 0 heterocycles. The number of unbranched alkanes of at least 4 members (excludes halogenated alkanes) is 14. The molecule has 1 amide bonds. The zero-order valence-corrected chi connectivity index (χ0v) is 21.3. The van der Waals surface area contributed by atoms with E-state index in [1.165, 1.54) is 83.5 Å². The van der Waals surface area contributed by atoms with Crippen LogP contribution in [0.3, 0.4) is 0 Å². The number of aliphatic hydroxyl groups excluding tert-OH is 2. The molecule has 0 atom stereocenters. The molecule has 0 aliphatic rings. The molecule has 0 aliphatic carbocycles. The quantitative estimate of drug-likeness (QED) is 0.112. The smallest absolute Gasteiger partial charge is 0.344 e. The van der Waals surface area contributed by atoms with E-state index in [1.807, 2.05) is 0 Å². The summed E-state index contributed by atoms with van der Waals surface area (Å²) in [5, 5.41) is 20.5. The van der Waals surface area contributed by atoms with Crippen molar-refractivity contribution in [3.05, 3.63) is 0 Å². The fourth-order valence-corrected chi connectivity index (χ4v) is 3.91. The predicted molar refractivity (Wildman–Crippen MR) is 134 cm³/mol. The van der Waals surface area contributed by atoms with Gasteiger partial charge < -0.3 is 20.4 Å². The summed E-state index contributed by atoms with van der Waals surface area (Å²) in [4.78, 5) is 28.4. The summed E-state index contributed by atoms with van der Waals surface area (Å²) in [6, 6.07) is 0. The normalized spacial score (nSPS) is 11.2. The molecule has 4 N–H and O–H groups in total. The van der Waals surface area contributed by atoms with Gasteiger partial charge in [-0.2, -0.15) is 5.48 Å². The van der Waals surface area contributed by atoms with Crippen molar-refractivity contribution in [2.24, 2.45) is 5.92 Å². The first-order chi connectivity index (χ1) is 16.1. The zero-order chi connectivity index (χ0) is 24.4. The molecule has 33 heavy (non-hydrogen) atoms. The molecule has 0 rings (SSSR count). The average molecular weight is 473 g/mol. The lowest BCUT2D eigenvalue weighted by atomic mass is 10.0. The largest absolute Gasteiger partial charge is 0.396 e. The molecule has 0 saturated carbocycles. The molecule has 0 fully saturated rings. The van der Waals surface area contributed by atoms with Gasteiger partial charge in [0.25, 0.3) is 0 Å². The standard InChI is InChI=1S/C26H52N2O5/c1-2-3-4-5-6-7-8-9-10-11-12-13-14-15-16-17-25(31)27-23-26(32)33-28-22-24(18-20-29)19-21-30/h24,28-30H,2-23H2,1H3,(H,27,31). The van der Waals surface area contributed by atoms with Crippen LogP contribution in [-0.4, -0.2) is 48.4 Å². The van der Waals surface area contributed by atoms with Gasteiger partial charge in [0.1, 0.15) is 6.54 Å². The molecular weight excluding hydrogens is 420 g/mol. The minimum atomic E-state index is -0.549. The molecule has 0 saturated heterocycles. The molecule has 0 aromatic carbocycles. The third kappa shape index (κ3) is 23.8. The molecule has 0 aliphatic heterocycles. The molecule has 0 spiro atoms. The number of hydrogen-bond donors (Lipinski definition) is 4. The van der Waals surface area contributed by atoms with Gasteiger partial charge in [-0.25, -0.2) is 4.79 Å². The van der Waals surface area contributed by atoms with E-state index in [-0.39, 0.29) is 31.6 Å². The highest BCUT2D eigenvalue weighted by Crippen LogP contribution is 2.13. The highest BCUT2D eigenvalue weighted by atomic mass is 16.7. The Kier molecular flexibility index (Phi) is 24.5. The number of aliphatic hydroxyl groups is 2. The van der Waals surface area contributed by atoms with Gasteiger partial charge in [-0.05, 0) is 25.2 Å². The maximum Gasteiger partial charge on any atom is 0.344 e. The van der Waals surface area contributed by atoms with Crippen LogP contribution in [0.5, 0.6) is 0 Å². The van der Waals surface area contributed by atoms with Gasteiger partial charge in [0, 0.05) is 26.2 Å². The van der Waals surface area contributed by atoms with E-state index in [4.69, 9.17) is 15.1 Å². The first-order valence-electron chi connectivity index (χ1n) is 13.5. The Morgan fingerprint density at radius 2 is 1.18 bits per heavy atom. The second-order valence-corrected chi connectivity index (χ2v) is 9.19. The molecule has 0 aromatic heterocycles. The van der Waals surface area contributed by atoms with Crippen LogP contribution in [0.25, 0.3) is 0 Å². The molecule has 0 unspecified atom stereocenters. The second-order valence-electron chi connectivity index (χ2n) is 9.19. The lowest BCUT2D eigenvalue weighted by molar-refractivity contribution is -0.151. The number of carbonyl (C=O) groups is 2. The average Bonchev–Trinajstić information content (AvgIpc) is 2.80. The molecule has 0 aromatic rings. The van der Waals surface area contributed by atoms with Crippen molar-refractivity contribution in [2.75, 3.05) is 26.3 Å². The van der Waals surface area contributed by atoms with E-state index in [0.29, 0.717) is 25.8 Å². The van der Waals surface area contributed by atoms with E-state index in [9.17, 15) is 9.59 Å². The van der Waals surface area contributed by atoms with Crippen LogP contribution < -0.4 is 10.8 Å². The maximum absolute atomic E-state index is 11.8. The van der Waals surface area contributed by atoms with E-state index in [2.05, 4.69) is 17.7 Å². The van der Waals surface area contributed by atoms with Gasteiger partial charge in [0.05, 0.1) is 0 Å². The summed E-state index contributed by atoms with van der Waals surface area (Å²) in [5.41, 5.74) is 2.56. The van der Waals surface area contributed by atoms with Crippen LogP contribution in [0.15, 0.2) is 0 Å². The Balaban J connectivity index is 3.41. The lowest BCUT2D eigenvalue weighted by Gasteiger charge is -2.14. The van der Waals surface area contributed by atoms with Crippen molar-refractivity contribution in [3.63, 3.8) is 0 Å². The van der Waals surface area contributed by atoms with Crippen molar-refractivity contribution in [1.29, 1.82) is 0 Å². The lowest BCUT2D eigenvalue weighted by Crippen LogP contribution is -2.34. The van der Waals surface area contributed by atoms with Crippen LogP contribution in [0.4, 0.5) is 0 Å². The fraction of sp³-hybridized carbons (Fsp3) is 0.923. The molecular formula is C26H52N2O5. The van der Waals surface area contributed by atoms with Gasteiger partial charge in [-0.15, -0.1) is 0 Å². The third-order valence-electron chi connectivity index (χ3n) is 6.07. The van der Waals surface area contributed by atoms with Crippen LogP contribution in [0.2, 0.25) is 0 Å². The van der Waals surface area contributed by atoms with Crippen molar-refractivity contribution in [2.45, 2.75) is 122 Å². The molecule has 7 nitrogen and oxygen atoms in total. The highest BCUT2D eigenvalue weighted by molar-refractivity contribution is 5.81. The fourth-order valence-electron chi connectivity index (χ4n) is 3.91. The Hall–Kier alpha value is -1.18. The Morgan fingerprint density at radius 3 is 1.64 bits per heavy atom. The number of carbonyl (C=O) groups excluding carboxylic acids is 2. The van der Waals surface area contributed by atoms with Gasteiger partial charge in [0.2, 0.25) is 5.91 Å². The van der Waals surface area contributed by atoms with Crippen LogP contribution in [0.1, 0.15) is 122 Å². The Labute approximate surface area is 202 Å². The first kappa shape index (κ1) is 31.8. The summed E-state index contributed by atoms with van der Waals surface area (Å²) in [7, 11) is 0. The monoisotopic (exact) mass is 472 g/mol. The SMILES string of the molecule is CCCCCCCCCCCCCCCCCC(=O)NCC(=O)ONCC(CCO)CCO. The van der Waals surface area contributed by atoms with E-state index in [1.54, 1.807) is 0 Å². The van der Waals surface area contributed by atoms with Gasteiger partial charge in [0.15, 0.2) is 0 Å². The van der Waals surface area contributed by atoms with Crippen molar-refractivity contribution in [3.8, 4) is 0 Å². The molecule has 7 heteroatoms. The summed E-state index contributed by atoms with van der Waals surface area (Å²) >= 11 is 0. The Morgan fingerprint density at radius 1 is 0.727 bits per heavy atom. The molecule has 0 bridgehead atoms. The summed E-state index contributed by atoms with van der Waals surface area (Å²) in [6.45, 7) is 2.51. The van der Waals surface area contributed by atoms with Gasteiger partial charge in [-0.3, -0.25) is 4.79 Å². The van der Waals surface area contributed by atoms with Crippen LogP contribution in [0, 0.1) is 5.92 Å². The summed E-state index contributed by atoms with van der Waals surface area (Å²) < 4.78 is 0. The first-order valence-corrected chi connectivity index (χ1v) is 13.5. The second kappa shape index (κ2) is 25.4. The minimum absolute atomic E-state index is 0.0235. The van der Waals surface area contributed by atoms with E-state index in [0.717, 1.165) is 12.8 Å². The predicted octanol–water partition coefficient (Wildman–Crippen LogP) is 4.79. The minimum Gasteiger partial charge on any atom is -0.396 e. The molecule has 0 radical (unpaired) electrons. The molecule has 196 valence electrons.